The van der Waals surface area contributed by atoms with Crippen LogP contribution in [0.15, 0.2) is 17.8 Å². The fraction of sp³-hybridized carbons (Fsp3) is 0.333. The van der Waals surface area contributed by atoms with Gasteiger partial charge in [-0.3, -0.25) is 4.79 Å². The van der Waals surface area contributed by atoms with Gasteiger partial charge >= 0.3 is 5.97 Å². The molecule has 0 spiro atoms. The van der Waals surface area contributed by atoms with Gasteiger partial charge in [-0.05, 0) is 6.92 Å². The van der Waals surface area contributed by atoms with Gasteiger partial charge in [-0.1, -0.05) is 6.08 Å². The van der Waals surface area contributed by atoms with E-state index in [1.807, 2.05) is 0 Å². The van der Waals surface area contributed by atoms with Gasteiger partial charge in [0.05, 0.1) is 25.0 Å². The lowest BCUT2D eigenvalue weighted by Gasteiger charge is -2.00. The van der Waals surface area contributed by atoms with Crippen LogP contribution in [0.5, 0.6) is 0 Å². The maximum atomic E-state index is 11.4. The highest BCUT2D eigenvalue weighted by Crippen LogP contribution is 1.96. The van der Waals surface area contributed by atoms with Gasteiger partial charge in [-0.15, -0.1) is 0 Å². The molecule has 1 heterocycles. The molecule has 1 aromatic heterocycles. The van der Waals surface area contributed by atoms with E-state index >= 15 is 0 Å². The van der Waals surface area contributed by atoms with E-state index in [4.69, 9.17) is 0 Å². The maximum absolute atomic E-state index is 11.4. The number of hydrogen-bond donors (Lipinski definition) is 1. The molecule has 0 aliphatic carbocycles. The van der Waals surface area contributed by atoms with E-state index in [2.05, 4.69) is 18.8 Å². The number of rotatable bonds is 4. The Morgan fingerprint density at radius 3 is 2.94 bits per heavy atom. The molecular formula is C9H11N3O3S. The SMILES string of the molecule is COC(=O)/C(C)=C/CNC(=O)c1cnsn1. The van der Waals surface area contributed by atoms with Crippen LogP contribution in [-0.4, -0.2) is 34.3 Å². The van der Waals surface area contributed by atoms with Crippen LogP contribution in [0.25, 0.3) is 0 Å². The summed E-state index contributed by atoms with van der Waals surface area (Å²) in [6, 6.07) is 0. The number of esters is 1. The molecule has 0 radical (unpaired) electrons. The molecule has 1 amide bonds. The molecule has 16 heavy (non-hydrogen) atoms. The topological polar surface area (TPSA) is 81.2 Å². The van der Waals surface area contributed by atoms with Crippen molar-refractivity contribution in [3.8, 4) is 0 Å². The number of hydrogen-bond acceptors (Lipinski definition) is 6. The molecule has 7 heteroatoms. The Balaban J connectivity index is 2.41. The van der Waals surface area contributed by atoms with Gasteiger partial charge in [-0.25, -0.2) is 4.79 Å². The first-order chi connectivity index (χ1) is 7.65. The Hall–Kier alpha value is -1.76. The van der Waals surface area contributed by atoms with Crippen molar-refractivity contribution in [3.05, 3.63) is 23.5 Å². The van der Waals surface area contributed by atoms with E-state index in [-0.39, 0.29) is 18.1 Å². The summed E-state index contributed by atoms with van der Waals surface area (Å²) >= 11 is 0.966. The number of carbonyl (C=O) groups excluding carboxylic acids is 2. The zero-order valence-electron chi connectivity index (χ0n) is 8.89. The van der Waals surface area contributed by atoms with Crippen LogP contribution in [-0.2, 0) is 9.53 Å². The van der Waals surface area contributed by atoms with Gasteiger partial charge in [0.1, 0.15) is 0 Å². The highest BCUT2D eigenvalue weighted by atomic mass is 32.1. The zero-order chi connectivity index (χ0) is 12.0. The van der Waals surface area contributed by atoms with Crippen LogP contribution < -0.4 is 5.32 Å². The van der Waals surface area contributed by atoms with E-state index < -0.39 is 5.97 Å². The average Bonchev–Trinajstić information content (AvgIpc) is 2.81. The van der Waals surface area contributed by atoms with Crippen LogP contribution in [0.4, 0.5) is 0 Å². The Morgan fingerprint density at radius 2 is 2.38 bits per heavy atom. The molecule has 86 valence electrons. The molecule has 0 saturated carbocycles. The number of methoxy groups -OCH3 is 1. The van der Waals surface area contributed by atoms with Crippen LogP contribution in [0.1, 0.15) is 17.4 Å². The molecule has 0 aromatic carbocycles. The summed E-state index contributed by atoms with van der Waals surface area (Å²) in [5, 5.41) is 2.58. The zero-order valence-corrected chi connectivity index (χ0v) is 9.71. The standard InChI is InChI=1S/C9H11N3O3S/c1-6(9(14)15-2)3-4-10-8(13)7-5-11-16-12-7/h3,5H,4H2,1-2H3,(H,10,13)/b6-3+. The molecule has 1 N–H and O–H groups in total. The second kappa shape index (κ2) is 5.96. The fourth-order valence-corrected chi connectivity index (χ4v) is 1.31. The van der Waals surface area contributed by atoms with E-state index in [1.54, 1.807) is 13.0 Å². The number of ether oxygens (including phenoxy) is 1. The minimum Gasteiger partial charge on any atom is -0.466 e. The second-order valence-corrected chi connectivity index (χ2v) is 3.44. The van der Waals surface area contributed by atoms with E-state index in [0.29, 0.717) is 5.57 Å². The predicted molar refractivity (Wildman–Crippen MR) is 58.0 cm³/mol. The molecule has 1 aromatic rings. The summed E-state index contributed by atoms with van der Waals surface area (Å²) in [7, 11) is 1.30. The normalized spacial score (nSPS) is 11.0. The molecule has 0 aliphatic rings. The maximum Gasteiger partial charge on any atom is 0.333 e. The number of aromatic nitrogens is 2. The number of carbonyl (C=O) groups is 2. The summed E-state index contributed by atoms with van der Waals surface area (Å²) in [4.78, 5) is 22.4. The third kappa shape index (κ3) is 3.43. The first-order valence-electron chi connectivity index (χ1n) is 4.46. The van der Waals surface area contributed by atoms with E-state index in [1.165, 1.54) is 13.3 Å². The van der Waals surface area contributed by atoms with Gasteiger partial charge < -0.3 is 10.1 Å². The molecule has 6 nitrogen and oxygen atoms in total. The lowest BCUT2D eigenvalue weighted by molar-refractivity contribution is -0.136. The Labute approximate surface area is 96.6 Å². The second-order valence-electron chi connectivity index (χ2n) is 2.88. The first kappa shape index (κ1) is 12.3. The van der Waals surface area contributed by atoms with E-state index in [0.717, 1.165) is 11.7 Å². The molecule has 0 saturated heterocycles. The summed E-state index contributed by atoms with van der Waals surface area (Å²) in [5.41, 5.74) is 0.716. The summed E-state index contributed by atoms with van der Waals surface area (Å²) in [6.07, 6.45) is 2.96. The van der Waals surface area contributed by atoms with Crippen LogP contribution in [0.2, 0.25) is 0 Å². The largest absolute Gasteiger partial charge is 0.466 e. The lowest BCUT2D eigenvalue weighted by atomic mass is 10.3. The van der Waals surface area contributed by atoms with Gasteiger partial charge in [0.2, 0.25) is 0 Å². The van der Waals surface area contributed by atoms with Crippen molar-refractivity contribution >= 4 is 23.6 Å². The van der Waals surface area contributed by atoms with Crippen molar-refractivity contribution in [2.45, 2.75) is 6.92 Å². The Kier molecular flexibility index (Phi) is 4.59. The highest BCUT2D eigenvalue weighted by molar-refractivity contribution is 6.99. The van der Waals surface area contributed by atoms with E-state index in [9.17, 15) is 9.59 Å². The summed E-state index contributed by atoms with van der Waals surface area (Å²) in [5.74, 6) is -0.729. The Morgan fingerprint density at radius 1 is 1.62 bits per heavy atom. The van der Waals surface area contributed by atoms with Crippen molar-refractivity contribution < 1.29 is 14.3 Å². The molecule has 1 rings (SSSR count). The van der Waals surface area contributed by atoms with Crippen molar-refractivity contribution in [3.63, 3.8) is 0 Å². The van der Waals surface area contributed by atoms with Crippen molar-refractivity contribution in [2.75, 3.05) is 13.7 Å². The molecule has 0 bridgehead atoms. The van der Waals surface area contributed by atoms with Crippen molar-refractivity contribution in [2.24, 2.45) is 0 Å². The third-order valence-electron chi connectivity index (χ3n) is 1.77. The minimum absolute atomic E-state index is 0.247. The molecule has 0 unspecified atom stereocenters. The van der Waals surface area contributed by atoms with Gasteiger partial charge in [0.25, 0.3) is 5.91 Å². The lowest BCUT2D eigenvalue weighted by Crippen LogP contribution is -2.24. The fourth-order valence-electron chi connectivity index (χ4n) is 0.896. The Bertz CT molecular complexity index is 400. The smallest absolute Gasteiger partial charge is 0.333 e. The summed E-state index contributed by atoms with van der Waals surface area (Å²) in [6.45, 7) is 1.86. The number of nitrogens with one attached hydrogen (secondary N) is 1. The van der Waals surface area contributed by atoms with Gasteiger partial charge in [0.15, 0.2) is 5.69 Å². The summed E-state index contributed by atoms with van der Waals surface area (Å²) < 4.78 is 12.0. The predicted octanol–water partition coefficient (Wildman–Crippen LogP) is 0.387. The number of nitrogens with zero attached hydrogens (tertiary/aromatic N) is 2. The quantitative estimate of drug-likeness (QED) is 0.609. The molecule has 0 aliphatic heterocycles. The van der Waals surface area contributed by atoms with Crippen LogP contribution in [0.3, 0.4) is 0 Å². The number of amides is 1. The highest BCUT2D eigenvalue weighted by Gasteiger charge is 2.07. The van der Waals surface area contributed by atoms with Gasteiger partial charge in [0, 0.05) is 12.1 Å². The first-order valence-corrected chi connectivity index (χ1v) is 5.19. The average molecular weight is 241 g/mol. The molecular weight excluding hydrogens is 230 g/mol. The monoisotopic (exact) mass is 241 g/mol. The van der Waals surface area contributed by atoms with Crippen molar-refractivity contribution in [1.29, 1.82) is 0 Å². The molecule has 0 fully saturated rings. The third-order valence-corrected chi connectivity index (χ3v) is 2.25. The van der Waals surface area contributed by atoms with Crippen molar-refractivity contribution in [1.82, 2.24) is 14.1 Å². The van der Waals surface area contributed by atoms with Crippen LogP contribution in [0, 0.1) is 0 Å². The minimum atomic E-state index is -0.412. The van der Waals surface area contributed by atoms with Crippen LogP contribution >= 0.6 is 11.7 Å². The van der Waals surface area contributed by atoms with Gasteiger partial charge in [-0.2, -0.15) is 8.75 Å². The molecule has 0 atom stereocenters.